The molecule has 0 spiro atoms. The van der Waals surface area contributed by atoms with Gasteiger partial charge in [0.1, 0.15) is 16.1 Å². The third-order valence-corrected chi connectivity index (χ3v) is 5.06. The van der Waals surface area contributed by atoms with Crippen LogP contribution in [0.2, 0.25) is 0 Å². The largest absolute Gasteiger partial charge is 1.00 e. The van der Waals surface area contributed by atoms with Crippen molar-refractivity contribution in [3.05, 3.63) is 0 Å². The molecule has 0 radical (unpaired) electrons. The van der Waals surface area contributed by atoms with E-state index < -0.39 is 16.1 Å². The van der Waals surface area contributed by atoms with E-state index in [1.165, 1.54) is 77.0 Å². The second-order valence-corrected chi connectivity index (χ2v) is 8.93. The Hall–Kier alpha value is 0.790. The van der Waals surface area contributed by atoms with Gasteiger partial charge in [0.25, 0.3) is 0 Å². The normalized spacial score (nSPS) is 12.7. The molecule has 1 unspecified atom stereocenters. The monoisotopic (exact) mass is 446 g/mol. The van der Waals surface area contributed by atoms with Crippen LogP contribution in [0.3, 0.4) is 0 Å². The molecular formula is C21H43NaO6S. The maximum atomic E-state index is 10.3. The van der Waals surface area contributed by atoms with Crippen molar-refractivity contribution in [3.8, 4) is 0 Å². The Bertz CT molecular complexity index is 419. The zero-order valence-corrected chi connectivity index (χ0v) is 22.0. The summed E-state index contributed by atoms with van der Waals surface area (Å²) in [5, 5.41) is 0. The first-order chi connectivity index (χ1) is 13.5. The van der Waals surface area contributed by atoms with Gasteiger partial charge in [0, 0.05) is 6.61 Å². The third kappa shape index (κ3) is 28.8. The van der Waals surface area contributed by atoms with E-state index in [9.17, 15) is 13.0 Å². The third-order valence-electron chi connectivity index (χ3n) is 4.60. The molecule has 0 bridgehead atoms. The maximum absolute atomic E-state index is 10.3. The van der Waals surface area contributed by atoms with Crippen molar-refractivity contribution in [2.45, 2.75) is 103 Å². The molecule has 1 atom stereocenters. The summed E-state index contributed by atoms with van der Waals surface area (Å²) in [5.74, 6) is -0.804. The van der Waals surface area contributed by atoms with Gasteiger partial charge in [-0.15, -0.1) is 0 Å². The predicted molar refractivity (Wildman–Crippen MR) is 112 cm³/mol. The van der Waals surface area contributed by atoms with Crippen LogP contribution in [0, 0.1) is 0 Å². The van der Waals surface area contributed by atoms with E-state index in [-0.39, 0.29) is 48.9 Å². The van der Waals surface area contributed by atoms with Gasteiger partial charge in [-0.2, -0.15) is 0 Å². The summed E-state index contributed by atoms with van der Waals surface area (Å²) in [5.41, 5.74) is 0. The molecule has 6 nitrogen and oxygen atoms in total. The van der Waals surface area contributed by atoms with Crippen LogP contribution in [0.15, 0.2) is 0 Å². The minimum atomic E-state index is -4.31. The molecule has 0 saturated carbocycles. The van der Waals surface area contributed by atoms with Gasteiger partial charge < -0.3 is 18.8 Å². The topological polar surface area (TPSA) is 84.9 Å². The maximum Gasteiger partial charge on any atom is 1.00 e. The SMILES string of the molecule is CCCCCCCCCCCCCCCOC(C)COCCOCS(=O)(=O)[O-].[Na+]. The standard InChI is InChI=1S/C21H44O6S.Na/c1-3-4-5-6-7-8-9-10-11-12-13-14-15-16-27-21(2)19-25-17-18-26-20-28(22,23)24;/h21H,3-20H2,1-2H3,(H,22,23,24);/q;+1/p-1. The summed E-state index contributed by atoms with van der Waals surface area (Å²) in [6.45, 7) is 5.73. The first kappa shape index (κ1) is 32.0. The summed E-state index contributed by atoms with van der Waals surface area (Å²) in [4.78, 5) is 0. The van der Waals surface area contributed by atoms with Crippen molar-refractivity contribution >= 4 is 10.1 Å². The minimum absolute atomic E-state index is 0. The second-order valence-electron chi connectivity index (χ2n) is 7.58. The van der Waals surface area contributed by atoms with Gasteiger partial charge in [-0.3, -0.25) is 0 Å². The van der Waals surface area contributed by atoms with Crippen LogP contribution in [0.25, 0.3) is 0 Å². The molecule has 0 aromatic rings. The number of rotatable bonds is 22. The summed E-state index contributed by atoms with van der Waals surface area (Å²) in [6, 6.07) is 0. The van der Waals surface area contributed by atoms with E-state index in [1.807, 2.05) is 6.92 Å². The Morgan fingerprint density at radius 3 is 1.66 bits per heavy atom. The second kappa shape index (κ2) is 23.5. The molecule has 0 aromatic carbocycles. The summed E-state index contributed by atoms with van der Waals surface area (Å²) in [7, 11) is -4.31. The van der Waals surface area contributed by atoms with Gasteiger partial charge in [0.15, 0.2) is 0 Å². The van der Waals surface area contributed by atoms with Crippen LogP contribution in [0.1, 0.15) is 97.3 Å². The van der Waals surface area contributed by atoms with E-state index >= 15 is 0 Å². The Labute approximate surface area is 201 Å². The van der Waals surface area contributed by atoms with Gasteiger partial charge in [0.2, 0.25) is 0 Å². The molecular weight excluding hydrogens is 403 g/mol. The molecule has 0 N–H and O–H groups in total. The van der Waals surface area contributed by atoms with Crippen LogP contribution in [0.5, 0.6) is 0 Å². The van der Waals surface area contributed by atoms with Crippen molar-refractivity contribution in [3.63, 3.8) is 0 Å². The molecule has 8 heteroatoms. The van der Waals surface area contributed by atoms with Crippen molar-refractivity contribution in [1.29, 1.82) is 0 Å². The molecule has 0 aromatic heterocycles. The Balaban J connectivity index is 0. The molecule has 0 aliphatic heterocycles. The molecule has 0 amide bonds. The Morgan fingerprint density at radius 2 is 1.17 bits per heavy atom. The molecule has 0 rings (SSSR count). The average Bonchev–Trinajstić information content (AvgIpc) is 2.64. The van der Waals surface area contributed by atoms with E-state index in [2.05, 4.69) is 6.92 Å². The van der Waals surface area contributed by atoms with E-state index in [1.54, 1.807) is 0 Å². The minimum Gasteiger partial charge on any atom is -0.746 e. The molecule has 0 aliphatic rings. The zero-order chi connectivity index (χ0) is 20.9. The summed E-state index contributed by atoms with van der Waals surface area (Å²) < 4.78 is 46.8. The number of ether oxygens (including phenoxy) is 3. The van der Waals surface area contributed by atoms with Crippen molar-refractivity contribution in [1.82, 2.24) is 0 Å². The predicted octanol–water partition coefficient (Wildman–Crippen LogP) is 2.02. The van der Waals surface area contributed by atoms with E-state index in [4.69, 9.17) is 14.2 Å². The molecule has 170 valence electrons. The quantitative estimate of drug-likeness (QED) is 0.144. The van der Waals surface area contributed by atoms with Crippen LogP contribution in [-0.2, 0) is 24.3 Å². The molecule has 0 saturated heterocycles. The summed E-state index contributed by atoms with van der Waals surface area (Å²) >= 11 is 0. The fourth-order valence-electron chi connectivity index (χ4n) is 2.98. The smallest absolute Gasteiger partial charge is 0.746 e. The molecule has 0 heterocycles. The van der Waals surface area contributed by atoms with Crippen LogP contribution in [0.4, 0.5) is 0 Å². The molecule has 0 aliphatic carbocycles. The van der Waals surface area contributed by atoms with Gasteiger partial charge in [0.05, 0.1) is 25.9 Å². The first-order valence-electron chi connectivity index (χ1n) is 11.2. The molecule has 29 heavy (non-hydrogen) atoms. The zero-order valence-electron chi connectivity index (χ0n) is 19.2. The van der Waals surface area contributed by atoms with Gasteiger partial charge in [-0.05, 0) is 13.3 Å². The number of hydrogen-bond acceptors (Lipinski definition) is 6. The Kier molecular flexibility index (Phi) is 25.9. The van der Waals surface area contributed by atoms with Gasteiger partial charge in [-0.1, -0.05) is 84.0 Å². The van der Waals surface area contributed by atoms with Crippen LogP contribution >= 0.6 is 0 Å². The average molecular weight is 447 g/mol. The van der Waals surface area contributed by atoms with Gasteiger partial charge >= 0.3 is 29.6 Å². The van der Waals surface area contributed by atoms with Gasteiger partial charge in [-0.25, -0.2) is 8.42 Å². The van der Waals surface area contributed by atoms with Crippen LogP contribution < -0.4 is 29.6 Å². The molecule has 0 fully saturated rings. The van der Waals surface area contributed by atoms with Crippen molar-refractivity contribution in [2.24, 2.45) is 0 Å². The van der Waals surface area contributed by atoms with E-state index in [0.717, 1.165) is 13.0 Å². The number of unbranched alkanes of at least 4 members (excludes halogenated alkanes) is 12. The fraction of sp³-hybridized carbons (Fsp3) is 1.00. The first-order valence-corrected chi connectivity index (χ1v) is 12.7. The fourth-order valence-corrected chi connectivity index (χ4v) is 3.30. The van der Waals surface area contributed by atoms with E-state index in [0.29, 0.717) is 6.61 Å². The number of hydrogen-bond donors (Lipinski definition) is 0. The summed E-state index contributed by atoms with van der Waals surface area (Å²) in [6.07, 6.45) is 17.4. The van der Waals surface area contributed by atoms with Crippen molar-refractivity contribution in [2.75, 3.05) is 32.4 Å². The van der Waals surface area contributed by atoms with Crippen molar-refractivity contribution < 1.29 is 56.7 Å². The van der Waals surface area contributed by atoms with Crippen LogP contribution in [-0.4, -0.2) is 51.4 Å². The Morgan fingerprint density at radius 1 is 0.724 bits per heavy atom.